The lowest BCUT2D eigenvalue weighted by Gasteiger charge is -2.30. The molecule has 2 amide bonds. The molecule has 27 heavy (non-hydrogen) atoms. The molecule has 1 aliphatic heterocycles. The van der Waals surface area contributed by atoms with E-state index < -0.39 is 12.1 Å². The van der Waals surface area contributed by atoms with Crippen LogP contribution >= 0.6 is 22.6 Å². The Bertz CT molecular complexity index is 925. The van der Waals surface area contributed by atoms with Gasteiger partial charge >= 0.3 is 6.03 Å². The van der Waals surface area contributed by atoms with Crippen LogP contribution in [-0.2, 0) is 4.79 Å². The molecule has 2 aromatic rings. The Balaban J connectivity index is 2.19. The van der Waals surface area contributed by atoms with Crippen LogP contribution in [-0.4, -0.2) is 23.5 Å². The topological polar surface area (TPSA) is 87.7 Å². The lowest BCUT2D eigenvalue weighted by Crippen LogP contribution is -2.44. The largest absolute Gasteiger partial charge is 0.504 e. The molecule has 1 atom stereocenters. The zero-order valence-corrected chi connectivity index (χ0v) is 17.0. The number of ketones is 1. The maximum atomic E-state index is 12.5. The van der Waals surface area contributed by atoms with E-state index in [0.29, 0.717) is 32.8 Å². The number of urea groups is 1. The minimum absolute atomic E-state index is 0.0399. The van der Waals surface area contributed by atoms with E-state index in [2.05, 4.69) is 10.6 Å². The number of ether oxygens (including phenoxy) is 1. The van der Waals surface area contributed by atoms with Crippen LogP contribution in [0.5, 0.6) is 11.5 Å². The van der Waals surface area contributed by atoms with Gasteiger partial charge in [-0.25, -0.2) is 4.79 Å². The maximum Gasteiger partial charge on any atom is 0.320 e. The molecule has 0 aliphatic carbocycles. The van der Waals surface area contributed by atoms with Crippen LogP contribution in [0.2, 0.25) is 0 Å². The van der Waals surface area contributed by atoms with Gasteiger partial charge < -0.3 is 20.5 Å². The van der Waals surface area contributed by atoms with Crippen LogP contribution < -0.4 is 15.4 Å². The second-order valence-electron chi connectivity index (χ2n) is 6.02. The van der Waals surface area contributed by atoms with Crippen molar-refractivity contribution >= 4 is 40.1 Å². The van der Waals surface area contributed by atoms with E-state index in [-0.39, 0.29) is 11.5 Å². The first-order chi connectivity index (χ1) is 12.9. The number of benzene rings is 2. The van der Waals surface area contributed by atoms with E-state index >= 15 is 0 Å². The maximum absolute atomic E-state index is 12.5. The summed E-state index contributed by atoms with van der Waals surface area (Å²) in [5.41, 5.74) is 2.35. The molecular formula is C20H19IN2O4. The number of hydrogen-bond donors (Lipinski definition) is 3. The van der Waals surface area contributed by atoms with E-state index in [4.69, 9.17) is 4.74 Å². The first-order valence-electron chi connectivity index (χ1n) is 8.45. The second-order valence-corrected chi connectivity index (χ2v) is 7.19. The molecule has 0 aromatic heterocycles. The van der Waals surface area contributed by atoms with Gasteiger partial charge in [0.05, 0.1) is 21.9 Å². The van der Waals surface area contributed by atoms with E-state index in [1.54, 1.807) is 12.1 Å². The second kappa shape index (κ2) is 7.99. The van der Waals surface area contributed by atoms with Gasteiger partial charge in [-0.05, 0) is 59.7 Å². The molecule has 0 spiro atoms. The molecule has 0 saturated heterocycles. The number of aromatic hydroxyl groups is 1. The SMILES string of the molecule is CCOc1cc(C2NC(=O)NC(c3ccccc3)=C2C(C)=O)cc(I)c1O. The Hall–Kier alpha value is -2.55. The van der Waals surface area contributed by atoms with Gasteiger partial charge in [-0.15, -0.1) is 0 Å². The molecule has 0 saturated carbocycles. The number of Topliss-reactive ketones (excluding diaryl/α,β-unsaturated/α-hetero) is 1. The van der Waals surface area contributed by atoms with Crippen molar-refractivity contribution in [1.29, 1.82) is 0 Å². The van der Waals surface area contributed by atoms with Gasteiger partial charge in [0.15, 0.2) is 17.3 Å². The summed E-state index contributed by atoms with van der Waals surface area (Å²) < 4.78 is 6.07. The summed E-state index contributed by atoms with van der Waals surface area (Å²) in [6.07, 6.45) is 0. The van der Waals surface area contributed by atoms with Crippen LogP contribution in [0.15, 0.2) is 48.0 Å². The normalized spacial score (nSPS) is 16.6. The fourth-order valence-electron chi connectivity index (χ4n) is 3.05. The van der Waals surface area contributed by atoms with Gasteiger partial charge in [0.2, 0.25) is 0 Å². The summed E-state index contributed by atoms with van der Waals surface area (Å²) in [7, 11) is 0. The average molecular weight is 478 g/mol. The number of hydrogen-bond acceptors (Lipinski definition) is 4. The van der Waals surface area contributed by atoms with Crippen molar-refractivity contribution in [3.63, 3.8) is 0 Å². The average Bonchev–Trinajstić information content (AvgIpc) is 2.65. The molecule has 140 valence electrons. The Morgan fingerprint density at radius 1 is 1.26 bits per heavy atom. The lowest BCUT2D eigenvalue weighted by atomic mass is 9.90. The smallest absolute Gasteiger partial charge is 0.320 e. The summed E-state index contributed by atoms with van der Waals surface area (Å²) >= 11 is 2.00. The van der Waals surface area contributed by atoms with Crippen molar-refractivity contribution in [3.8, 4) is 11.5 Å². The van der Waals surface area contributed by atoms with Crippen LogP contribution in [0.4, 0.5) is 4.79 Å². The quantitative estimate of drug-likeness (QED) is 0.572. The van der Waals surface area contributed by atoms with Crippen LogP contribution in [0.1, 0.15) is 31.0 Å². The van der Waals surface area contributed by atoms with Gasteiger partial charge in [-0.3, -0.25) is 4.79 Å². The molecule has 3 rings (SSSR count). The third-order valence-electron chi connectivity index (χ3n) is 4.20. The molecule has 0 bridgehead atoms. The first kappa shape index (κ1) is 19.2. The Kier molecular flexibility index (Phi) is 5.69. The fraction of sp³-hybridized carbons (Fsp3) is 0.200. The molecule has 0 radical (unpaired) electrons. The van der Waals surface area contributed by atoms with E-state index in [0.717, 1.165) is 5.56 Å². The lowest BCUT2D eigenvalue weighted by molar-refractivity contribution is -0.113. The predicted molar refractivity (Wildman–Crippen MR) is 110 cm³/mol. The predicted octanol–water partition coefficient (Wildman–Crippen LogP) is 3.75. The molecule has 1 heterocycles. The number of phenols is 1. The standard InChI is InChI=1S/C20H19IN2O4/c1-3-27-15-10-13(9-14(21)19(15)25)18-16(11(2)24)17(22-20(26)23-18)12-7-5-4-6-8-12/h4-10,18,25H,3H2,1-2H3,(H2,22,23,26). The monoisotopic (exact) mass is 478 g/mol. The number of carbonyl (C=O) groups excluding carboxylic acids is 2. The van der Waals surface area contributed by atoms with Gasteiger partial charge in [0, 0.05) is 5.57 Å². The zero-order chi connectivity index (χ0) is 19.6. The van der Waals surface area contributed by atoms with Crippen molar-refractivity contribution in [2.24, 2.45) is 0 Å². The van der Waals surface area contributed by atoms with Crippen molar-refractivity contribution in [2.75, 3.05) is 6.61 Å². The van der Waals surface area contributed by atoms with E-state index in [1.165, 1.54) is 6.92 Å². The molecule has 1 aliphatic rings. The Labute approximate surface area is 170 Å². The van der Waals surface area contributed by atoms with Crippen molar-refractivity contribution in [1.82, 2.24) is 10.6 Å². The van der Waals surface area contributed by atoms with Crippen LogP contribution in [0.25, 0.3) is 5.70 Å². The molecule has 7 heteroatoms. The summed E-state index contributed by atoms with van der Waals surface area (Å²) in [5, 5.41) is 15.8. The van der Waals surface area contributed by atoms with Crippen molar-refractivity contribution in [3.05, 3.63) is 62.7 Å². The number of rotatable bonds is 5. The highest BCUT2D eigenvalue weighted by Gasteiger charge is 2.32. The third-order valence-corrected chi connectivity index (χ3v) is 5.02. The van der Waals surface area contributed by atoms with Gasteiger partial charge in [-0.1, -0.05) is 30.3 Å². The molecule has 1 unspecified atom stereocenters. The Morgan fingerprint density at radius 2 is 1.96 bits per heavy atom. The summed E-state index contributed by atoms with van der Waals surface area (Å²) in [6.45, 7) is 3.68. The van der Waals surface area contributed by atoms with Gasteiger partial charge in [-0.2, -0.15) is 0 Å². The number of phenolic OH excluding ortho intramolecular Hbond substituents is 1. The minimum atomic E-state index is -0.653. The highest BCUT2D eigenvalue weighted by molar-refractivity contribution is 14.1. The van der Waals surface area contributed by atoms with Crippen LogP contribution in [0.3, 0.4) is 0 Å². The van der Waals surface area contributed by atoms with E-state index in [9.17, 15) is 14.7 Å². The molecule has 6 nitrogen and oxygen atoms in total. The fourth-order valence-corrected chi connectivity index (χ4v) is 3.68. The van der Waals surface area contributed by atoms with Gasteiger partial charge in [0.1, 0.15) is 0 Å². The van der Waals surface area contributed by atoms with Crippen LogP contribution in [0, 0.1) is 3.57 Å². The zero-order valence-electron chi connectivity index (χ0n) is 14.9. The minimum Gasteiger partial charge on any atom is -0.504 e. The molecule has 0 fully saturated rings. The molecular weight excluding hydrogens is 459 g/mol. The number of amides is 2. The van der Waals surface area contributed by atoms with Gasteiger partial charge in [0.25, 0.3) is 0 Å². The highest BCUT2D eigenvalue weighted by Crippen LogP contribution is 2.38. The molecule has 3 N–H and O–H groups in total. The summed E-state index contributed by atoms with van der Waals surface area (Å²) in [6, 6.07) is 11.6. The summed E-state index contributed by atoms with van der Waals surface area (Å²) in [4.78, 5) is 24.8. The first-order valence-corrected chi connectivity index (χ1v) is 9.53. The molecule has 2 aromatic carbocycles. The third kappa shape index (κ3) is 3.92. The number of halogens is 1. The number of nitrogens with one attached hydrogen (secondary N) is 2. The van der Waals surface area contributed by atoms with Crippen molar-refractivity contribution in [2.45, 2.75) is 19.9 Å². The van der Waals surface area contributed by atoms with E-state index in [1.807, 2.05) is 59.8 Å². The number of carbonyl (C=O) groups is 2. The van der Waals surface area contributed by atoms with Crippen molar-refractivity contribution < 1.29 is 19.4 Å². The Morgan fingerprint density at radius 3 is 2.59 bits per heavy atom. The summed E-state index contributed by atoms with van der Waals surface area (Å²) in [5.74, 6) is 0.196. The highest BCUT2D eigenvalue weighted by atomic mass is 127.